The summed E-state index contributed by atoms with van der Waals surface area (Å²) in [5.74, 6) is 1.83. The van der Waals surface area contributed by atoms with Crippen LogP contribution in [0.5, 0.6) is 5.75 Å². The number of anilines is 1. The number of unbranched alkanes of at least 4 members (excludes halogenated alkanes) is 1. The number of aromatic nitrogens is 4. The van der Waals surface area contributed by atoms with Crippen LogP contribution in [0.25, 0.3) is 0 Å². The third-order valence-corrected chi connectivity index (χ3v) is 6.06. The molecule has 0 radical (unpaired) electrons. The van der Waals surface area contributed by atoms with Crippen LogP contribution in [-0.2, 0) is 6.54 Å². The molecule has 0 N–H and O–H groups in total. The fraction of sp³-hybridized carbons (Fsp3) is 0.458. The second-order valence-electron chi connectivity index (χ2n) is 8.06. The van der Waals surface area contributed by atoms with Crippen LogP contribution >= 0.6 is 0 Å². The van der Waals surface area contributed by atoms with Gasteiger partial charge >= 0.3 is 0 Å². The Morgan fingerprint density at radius 2 is 1.71 bits per heavy atom. The summed E-state index contributed by atoms with van der Waals surface area (Å²) in [6.07, 6.45) is 3.41. The molecule has 0 spiro atoms. The van der Waals surface area contributed by atoms with Crippen molar-refractivity contribution in [1.29, 1.82) is 0 Å². The molecule has 0 saturated carbocycles. The maximum Gasteiger partial charge on any atom is 0.168 e. The monoisotopic (exact) mass is 420 g/mol. The van der Waals surface area contributed by atoms with E-state index in [-0.39, 0.29) is 6.04 Å². The van der Waals surface area contributed by atoms with E-state index >= 15 is 0 Å². The van der Waals surface area contributed by atoms with Crippen molar-refractivity contribution >= 4 is 5.69 Å². The first-order valence-electron chi connectivity index (χ1n) is 11.2. The third kappa shape index (κ3) is 5.22. The highest BCUT2D eigenvalue weighted by molar-refractivity contribution is 5.46. The first-order valence-corrected chi connectivity index (χ1v) is 11.2. The van der Waals surface area contributed by atoms with Gasteiger partial charge in [0.25, 0.3) is 0 Å². The third-order valence-electron chi connectivity index (χ3n) is 6.06. The van der Waals surface area contributed by atoms with Crippen LogP contribution in [0.3, 0.4) is 0 Å². The van der Waals surface area contributed by atoms with Crippen molar-refractivity contribution in [2.24, 2.45) is 0 Å². The second-order valence-corrected chi connectivity index (χ2v) is 8.06. The minimum Gasteiger partial charge on any atom is -0.497 e. The van der Waals surface area contributed by atoms with Crippen molar-refractivity contribution in [1.82, 2.24) is 25.1 Å². The average molecular weight is 421 g/mol. The molecule has 2 heterocycles. The summed E-state index contributed by atoms with van der Waals surface area (Å²) in [6, 6.07) is 19.0. The average Bonchev–Trinajstić information content (AvgIpc) is 3.28. The molecule has 164 valence electrons. The summed E-state index contributed by atoms with van der Waals surface area (Å²) in [4.78, 5) is 5.03. The number of methoxy groups -OCH3 is 1. The quantitative estimate of drug-likeness (QED) is 0.525. The van der Waals surface area contributed by atoms with E-state index in [1.165, 1.54) is 18.5 Å². The normalized spacial score (nSPS) is 15.7. The fourth-order valence-electron chi connectivity index (χ4n) is 4.27. The molecule has 1 aliphatic heterocycles. The summed E-state index contributed by atoms with van der Waals surface area (Å²) < 4.78 is 7.24. The topological polar surface area (TPSA) is 59.3 Å². The lowest BCUT2D eigenvalue weighted by atomic mass is 10.1. The van der Waals surface area contributed by atoms with Crippen molar-refractivity contribution in [3.05, 3.63) is 66.0 Å². The van der Waals surface area contributed by atoms with Crippen molar-refractivity contribution in [3.8, 4) is 5.75 Å². The lowest BCUT2D eigenvalue weighted by Crippen LogP contribution is -2.48. The molecule has 0 aliphatic carbocycles. The zero-order chi connectivity index (χ0) is 21.5. The zero-order valence-electron chi connectivity index (χ0n) is 18.5. The Bertz CT molecular complexity index is 919. The predicted octanol–water partition coefficient (Wildman–Crippen LogP) is 3.78. The van der Waals surface area contributed by atoms with Gasteiger partial charge in [-0.2, -0.15) is 0 Å². The van der Waals surface area contributed by atoms with E-state index in [2.05, 4.69) is 74.7 Å². The number of rotatable bonds is 9. The number of nitrogens with zero attached hydrogens (tertiary/aromatic N) is 6. The van der Waals surface area contributed by atoms with Gasteiger partial charge in [0.2, 0.25) is 0 Å². The highest BCUT2D eigenvalue weighted by Crippen LogP contribution is 2.27. The van der Waals surface area contributed by atoms with E-state index < -0.39 is 0 Å². The van der Waals surface area contributed by atoms with Crippen LogP contribution in [-0.4, -0.2) is 58.4 Å². The molecular formula is C24H32N6O. The van der Waals surface area contributed by atoms with Crippen LogP contribution < -0.4 is 9.64 Å². The van der Waals surface area contributed by atoms with Crippen molar-refractivity contribution in [2.75, 3.05) is 38.2 Å². The molecule has 1 fully saturated rings. The number of tetrazole rings is 1. The Morgan fingerprint density at radius 1 is 0.968 bits per heavy atom. The summed E-state index contributed by atoms with van der Waals surface area (Å²) in [5, 5.41) is 12.8. The van der Waals surface area contributed by atoms with Crippen molar-refractivity contribution in [2.45, 2.75) is 38.8 Å². The Hall–Kier alpha value is -2.93. The molecule has 3 aromatic rings. The molecule has 1 aromatic heterocycles. The Balaban J connectivity index is 1.47. The van der Waals surface area contributed by atoms with Gasteiger partial charge in [-0.15, -0.1) is 5.10 Å². The molecule has 0 unspecified atom stereocenters. The van der Waals surface area contributed by atoms with E-state index in [1.54, 1.807) is 7.11 Å². The summed E-state index contributed by atoms with van der Waals surface area (Å²) in [5.41, 5.74) is 2.47. The Kier molecular flexibility index (Phi) is 7.14. The predicted molar refractivity (Wildman–Crippen MR) is 122 cm³/mol. The van der Waals surface area contributed by atoms with Gasteiger partial charge in [0.1, 0.15) is 5.75 Å². The Morgan fingerprint density at radius 3 is 2.39 bits per heavy atom. The number of piperazine rings is 1. The molecular weight excluding hydrogens is 388 g/mol. The smallest absolute Gasteiger partial charge is 0.168 e. The van der Waals surface area contributed by atoms with Crippen LogP contribution in [0, 0.1) is 0 Å². The van der Waals surface area contributed by atoms with E-state index in [0.29, 0.717) is 6.54 Å². The standard InChI is InChI=1S/C24H32N6O/c1-3-4-10-23(29-17-15-28(16-18-29)21-8-6-5-7-9-21)24-25-26-27-30(24)19-20-11-13-22(31-2)14-12-20/h5-9,11-14,23H,3-4,10,15-19H2,1-2H3/t23-/m0/s1. The number of para-hydroxylation sites is 1. The highest BCUT2D eigenvalue weighted by Gasteiger charge is 2.28. The summed E-state index contributed by atoms with van der Waals surface area (Å²) >= 11 is 0. The minimum atomic E-state index is 0.242. The molecule has 0 amide bonds. The van der Waals surface area contributed by atoms with Gasteiger partial charge in [-0.05, 0) is 46.7 Å². The lowest BCUT2D eigenvalue weighted by Gasteiger charge is -2.39. The second kappa shape index (κ2) is 10.4. The number of hydrogen-bond acceptors (Lipinski definition) is 6. The molecule has 7 nitrogen and oxygen atoms in total. The molecule has 31 heavy (non-hydrogen) atoms. The van der Waals surface area contributed by atoms with Gasteiger partial charge in [0.15, 0.2) is 5.82 Å². The van der Waals surface area contributed by atoms with Crippen LogP contribution in [0.2, 0.25) is 0 Å². The van der Waals surface area contributed by atoms with Crippen LogP contribution in [0.15, 0.2) is 54.6 Å². The van der Waals surface area contributed by atoms with Gasteiger partial charge in [-0.25, -0.2) is 4.68 Å². The largest absolute Gasteiger partial charge is 0.497 e. The number of benzene rings is 2. The molecule has 4 rings (SSSR count). The van der Waals surface area contributed by atoms with Crippen LogP contribution in [0.4, 0.5) is 5.69 Å². The number of hydrogen-bond donors (Lipinski definition) is 0. The van der Waals surface area contributed by atoms with E-state index in [4.69, 9.17) is 4.74 Å². The molecule has 0 bridgehead atoms. The molecule has 2 aromatic carbocycles. The maximum atomic E-state index is 5.27. The maximum absolute atomic E-state index is 5.27. The van der Waals surface area contributed by atoms with Crippen molar-refractivity contribution in [3.63, 3.8) is 0 Å². The zero-order valence-corrected chi connectivity index (χ0v) is 18.5. The van der Waals surface area contributed by atoms with E-state index in [0.717, 1.165) is 49.7 Å². The van der Waals surface area contributed by atoms with Gasteiger partial charge in [-0.1, -0.05) is 50.1 Å². The minimum absolute atomic E-state index is 0.242. The van der Waals surface area contributed by atoms with Crippen molar-refractivity contribution < 1.29 is 4.74 Å². The fourth-order valence-corrected chi connectivity index (χ4v) is 4.27. The number of ether oxygens (including phenoxy) is 1. The Labute approximate surface area is 184 Å². The first-order chi connectivity index (χ1) is 15.3. The van der Waals surface area contributed by atoms with Gasteiger partial charge in [-0.3, -0.25) is 4.90 Å². The highest BCUT2D eigenvalue weighted by atomic mass is 16.5. The molecule has 1 saturated heterocycles. The van der Waals surface area contributed by atoms with Gasteiger partial charge < -0.3 is 9.64 Å². The molecule has 1 atom stereocenters. The molecule has 7 heteroatoms. The SMILES string of the molecule is CCCC[C@@H](c1nnnn1Cc1ccc(OC)cc1)N1CCN(c2ccccc2)CC1. The lowest BCUT2D eigenvalue weighted by molar-refractivity contribution is 0.163. The molecule has 1 aliphatic rings. The van der Waals surface area contributed by atoms with Gasteiger partial charge in [0.05, 0.1) is 19.7 Å². The van der Waals surface area contributed by atoms with Gasteiger partial charge in [0, 0.05) is 31.9 Å². The van der Waals surface area contributed by atoms with E-state index in [9.17, 15) is 0 Å². The summed E-state index contributed by atoms with van der Waals surface area (Å²) in [6.45, 7) is 6.97. The van der Waals surface area contributed by atoms with Crippen LogP contribution in [0.1, 0.15) is 43.6 Å². The first kappa shape index (κ1) is 21.3. The van der Waals surface area contributed by atoms with E-state index in [1.807, 2.05) is 16.8 Å². The summed E-state index contributed by atoms with van der Waals surface area (Å²) in [7, 11) is 1.68.